The second-order valence-electron chi connectivity index (χ2n) is 18.2. The number of fused-ring (bicyclic) bond motifs is 2. The number of Topliss-reactive ketones (excluding diaryl/α,β-unsaturated/α-hetero) is 1. The van der Waals surface area contributed by atoms with Gasteiger partial charge in [-0.25, -0.2) is 9.97 Å². The highest BCUT2D eigenvalue weighted by molar-refractivity contribution is 6.03. The van der Waals surface area contributed by atoms with Crippen LogP contribution in [0.3, 0.4) is 0 Å². The molecule has 6 aromatic rings. The summed E-state index contributed by atoms with van der Waals surface area (Å²) < 4.78 is 12.0. The Kier molecular flexibility index (Phi) is 16.8. The molecule has 19 nitrogen and oxygen atoms in total. The van der Waals surface area contributed by atoms with Crippen molar-refractivity contribution in [1.82, 2.24) is 40.2 Å². The number of anilines is 2. The van der Waals surface area contributed by atoms with Gasteiger partial charge in [-0.05, 0) is 61.1 Å². The van der Waals surface area contributed by atoms with Gasteiger partial charge in [-0.1, -0.05) is 74.5 Å². The molecule has 6 atom stereocenters. The molecule has 8 N–H and O–H groups in total. The number of ketones is 1. The van der Waals surface area contributed by atoms with Crippen molar-refractivity contribution in [3.63, 3.8) is 0 Å². The third kappa shape index (κ3) is 11.0. The van der Waals surface area contributed by atoms with Gasteiger partial charge in [-0.2, -0.15) is 0 Å². The smallest absolute Gasteiger partial charge is 0.244 e. The number of hydrogen-bond acceptors (Lipinski definition) is 17. The van der Waals surface area contributed by atoms with Gasteiger partial charge >= 0.3 is 0 Å². The summed E-state index contributed by atoms with van der Waals surface area (Å²) in [6.45, 7) is 7.43. The molecule has 19 heteroatoms. The van der Waals surface area contributed by atoms with Crippen molar-refractivity contribution in [3.8, 4) is 34.0 Å². The second-order valence-corrected chi connectivity index (χ2v) is 18.2. The molecule has 0 radical (unpaired) electrons. The number of carbonyl (C=O) groups excluding carboxylic acids is 1. The molecule has 6 heterocycles. The van der Waals surface area contributed by atoms with Crippen molar-refractivity contribution in [2.45, 2.75) is 63.8 Å². The number of pyridine rings is 2. The Morgan fingerprint density at radius 2 is 1.03 bits per heavy atom. The third-order valence-electron chi connectivity index (χ3n) is 13.8. The van der Waals surface area contributed by atoms with E-state index < -0.39 is 37.5 Å². The number of hydrogen-bond donors (Lipinski definition) is 8. The second kappa shape index (κ2) is 23.5. The van der Waals surface area contributed by atoms with Crippen molar-refractivity contribution in [3.05, 3.63) is 73.1 Å². The van der Waals surface area contributed by atoms with E-state index in [4.69, 9.17) is 30.3 Å². The molecule has 0 spiro atoms. The van der Waals surface area contributed by atoms with Crippen LogP contribution in [0.4, 0.5) is 11.4 Å². The Morgan fingerprint density at radius 3 is 1.37 bits per heavy atom. The molecule has 0 bridgehead atoms. The Bertz CT molecular complexity index is 2470. The fourth-order valence-corrected chi connectivity index (χ4v) is 9.78. The summed E-state index contributed by atoms with van der Waals surface area (Å²) in [6, 6.07) is 19.0. The average Bonchev–Trinajstić information content (AvgIpc) is 4.04. The van der Waals surface area contributed by atoms with E-state index in [9.17, 15) is 20.4 Å². The summed E-state index contributed by atoms with van der Waals surface area (Å²) in [5, 5.41) is 72.3. The number of benzene rings is 2. The summed E-state index contributed by atoms with van der Waals surface area (Å²) in [7, 11) is 0. The molecular weight excluding hydrogens is 893 g/mol. The molecule has 372 valence electrons. The zero-order valence-electron chi connectivity index (χ0n) is 40.0. The number of nitrogens with zero attached hydrogens (tertiary/aromatic N) is 8. The van der Waals surface area contributed by atoms with Gasteiger partial charge in [0, 0.05) is 75.9 Å². The van der Waals surface area contributed by atoms with Gasteiger partial charge in [-0.15, -0.1) is 10.2 Å². The Balaban J connectivity index is 1.08. The lowest BCUT2D eigenvalue weighted by Crippen LogP contribution is -2.59. The van der Waals surface area contributed by atoms with Gasteiger partial charge in [0.15, 0.2) is 17.1 Å². The number of nitrogens with one attached hydrogen (secondary N) is 4. The normalized spacial score (nSPS) is 17.5. The molecule has 2 unspecified atom stereocenters. The average molecular weight is 959 g/mol. The Hall–Kier alpha value is -6.35. The lowest BCUT2D eigenvalue weighted by molar-refractivity contribution is -0.131. The van der Waals surface area contributed by atoms with Crippen molar-refractivity contribution in [2.75, 3.05) is 88.6 Å². The number of aromatic amines is 2. The summed E-state index contributed by atoms with van der Waals surface area (Å²) >= 11 is 0. The molecule has 0 saturated carbocycles. The number of ether oxygens (including phenoxy) is 2. The first kappa shape index (κ1) is 50.1. The van der Waals surface area contributed by atoms with Gasteiger partial charge < -0.3 is 50.5 Å². The highest BCUT2D eigenvalue weighted by Gasteiger charge is 2.40. The zero-order chi connectivity index (χ0) is 49.1. The minimum Gasteiger partial charge on any atom is -0.473 e. The van der Waals surface area contributed by atoms with Crippen LogP contribution in [0.15, 0.2) is 73.1 Å². The number of carbonyl (C=O) groups is 1. The van der Waals surface area contributed by atoms with Gasteiger partial charge in [0.2, 0.25) is 11.8 Å². The fourth-order valence-electron chi connectivity index (χ4n) is 9.78. The maximum absolute atomic E-state index is 15.6. The molecule has 0 aliphatic carbocycles. The van der Waals surface area contributed by atoms with Crippen LogP contribution in [0, 0.1) is 22.7 Å². The first-order chi connectivity index (χ1) is 34.2. The van der Waals surface area contributed by atoms with Crippen molar-refractivity contribution in [1.29, 1.82) is 10.8 Å². The third-order valence-corrected chi connectivity index (χ3v) is 13.8. The SMILES string of the molecule is CC[C@H](C=N)CC(C(=O)C(C[C@@H](C=N)CC)N1CCN(c2c(-c3ccccc3)cnc3[nH]nc(OC[C@@H](O)CO)c23)CC1)N1CCN(c2c(-c3ccccc3)cnc3[nH]nc(OC[C@@H](O)CO)c23)CC1. The molecule has 2 aliphatic rings. The predicted molar refractivity (Wildman–Crippen MR) is 270 cm³/mol. The first-order valence-electron chi connectivity index (χ1n) is 24.4. The van der Waals surface area contributed by atoms with Gasteiger partial charge in [0.05, 0.1) is 36.7 Å². The Morgan fingerprint density at radius 1 is 0.643 bits per heavy atom. The van der Waals surface area contributed by atoms with E-state index in [0.29, 0.717) is 87.3 Å². The van der Waals surface area contributed by atoms with E-state index in [0.717, 1.165) is 46.5 Å². The van der Waals surface area contributed by atoms with Crippen LogP contribution in [-0.4, -0.2) is 182 Å². The van der Waals surface area contributed by atoms with Crippen molar-refractivity contribution >= 4 is 51.7 Å². The first-order valence-corrected chi connectivity index (χ1v) is 24.4. The minimum atomic E-state index is -1.08. The number of aromatic nitrogens is 6. The quantitative estimate of drug-likeness (QED) is 0.0391. The number of aliphatic hydroxyl groups excluding tert-OH is 4. The number of rotatable bonds is 24. The molecule has 2 saturated heterocycles. The van der Waals surface area contributed by atoms with Crippen LogP contribution in [0.5, 0.6) is 11.8 Å². The summed E-state index contributed by atoms with van der Waals surface area (Å²) in [5.74, 6) is 0.449. The Labute approximate surface area is 407 Å². The van der Waals surface area contributed by atoms with Crippen molar-refractivity contribution in [2.24, 2.45) is 11.8 Å². The molecular formula is C51H66N12O7. The topological polar surface area (TPSA) is 260 Å². The summed E-state index contributed by atoms with van der Waals surface area (Å²) in [4.78, 5) is 34.2. The van der Waals surface area contributed by atoms with Gasteiger partial charge in [0.1, 0.15) is 36.2 Å². The molecule has 4 aromatic heterocycles. The maximum atomic E-state index is 15.6. The number of piperazine rings is 2. The van der Waals surface area contributed by atoms with Crippen LogP contribution in [0.1, 0.15) is 39.5 Å². The van der Waals surface area contributed by atoms with E-state index in [1.54, 1.807) is 0 Å². The monoisotopic (exact) mass is 959 g/mol. The lowest BCUT2D eigenvalue weighted by atomic mass is 9.86. The van der Waals surface area contributed by atoms with E-state index in [-0.39, 0.29) is 42.6 Å². The van der Waals surface area contributed by atoms with Crippen LogP contribution in [0.25, 0.3) is 44.3 Å². The van der Waals surface area contributed by atoms with Crippen LogP contribution < -0.4 is 19.3 Å². The van der Waals surface area contributed by atoms with E-state index in [1.807, 2.05) is 73.1 Å². The molecule has 2 fully saturated rings. The number of H-pyrrole nitrogens is 2. The standard InChI is InChI=1S/C51H66N12O7/c1-3-33(25-52)23-41(60-15-19-62(20-16-60)45-39(35-11-7-5-8-12-35)27-54-48-43(45)50(58-56-48)69-31-37(66)29-64)47(68)42(24-34(4-2)26-53)61-17-21-63(22-18-61)46-40(36-13-9-6-10-14-36)28-55-49-44(46)51(59-57-49)70-32-38(67)30-65/h5-14,25-28,33-34,37-38,41-42,52-53,64-67H,3-4,15-24,29-32H2,1-2H3,(H,54,56,58)(H,55,57,59)/t33-,34-,37-,38-,41?,42?/m0/s1. The van der Waals surface area contributed by atoms with Gasteiger partial charge in [-0.3, -0.25) is 24.8 Å². The van der Waals surface area contributed by atoms with E-state index in [1.165, 1.54) is 12.4 Å². The van der Waals surface area contributed by atoms with Crippen molar-refractivity contribution < 1.29 is 34.7 Å². The fraction of sp³-hybridized carbons (Fsp3) is 0.471. The molecule has 2 aliphatic heterocycles. The largest absolute Gasteiger partial charge is 0.473 e. The minimum absolute atomic E-state index is 0.103. The van der Waals surface area contributed by atoms with E-state index in [2.05, 4.69) is 53.8 Å². The summed E-state index contributed by atoms with van der Waals surface area (Å²) in [6.07, 6.45) is 6.89. The molecule has 2 aromatic carbocycles. The highest BCUT2D eigenvalue weighted by Crippen LogP contribution is 2.42. The molecule has 70 heavy (non-hydrogen) atoms. The zero-order valence-corrected chi connectivity index (χ0v) is 40.0. The van der Waals surface area contributed by atoms with Gasteiger partial charge in [0.25, 0.3) is 0 Å². The molecule has 0 amide bonds. The summed E-state index contributed by atoms with van der Waals surface area (Å²) in [5.41, 5.74) is 6.48. The number of aliphatic hydroxyl groups is 4. The maximum Gasteiger partial charge on any atom is 0.244 e. The highest BCUT2D eigenvalue weighted by atomic mass is 16.5. The van der Waals surface area contributed by atoms with Crippen LogP contribution in [0.2, 0.25) is 0 Å². The molecule has 8 rings (SSSR count). The van der Waals surface area contributed by atoms with Crippen LogP contribution >= 0.6 is 0 Å². The van der Waals surface area contributed by atoms with Crippen LogP contribution in [-0.2, 0) is 4.79 Å². The van der Waals surface area contributed by atoms with E-state index >= 15 is 4.79 Å². The lowest BCUT2D eigenvalue weighted by Gasteiger charge is -2.45. The predicted octanol–water partition coefficient (Wildman–Crippen LogP) is 4.41.